The minimum Gasteiger partial charge on any atom is -0.493 e. The van der Waals surface area contributed by atoms with Crippen molar-refractivity contribution in [1.29, 1.82) is 0 Å². The summed E-state index contributed by atoms with van der Waals surface area (Å²) in [5.74, 6) is 0.810. The number of benzene rings is 2. The van der Waals surface area contributed by atoms with Crippen LogP contribution in [0.25, 0.3) is 11.3 Å². The van der Waals surface area contributed by atoms with E-state index in [0.29, 0.717) is 17.9 Å². The van der Waals surface area contributed by atoms with Crippen LogP contribution >= 0.6 is 0 Å². The van der Waals surface area contributed by atoms with Crippen LogP contribution in [0.4, 0.5) is 13.2 Å². The fraction of sp³-hybridized carbons (Fsp3) is 0.250. The third-order valence-electron chi connectivity index (χ3n) is 4.45. The minimum atomic E-state index is -4.48. The number of alkyl halides is 3. The van der Waals surface area contributed by atoms with Crippen LogP contribution in [0.1, 0.15) is 23.2 Å². The lowest BCUT2D eigenvalue weighted by Gasteiger charge is -2.18. The molecule has 0 radical (unpaired) electrons. The zero-order valence-electron chi connectivity index (χ0n) is 14.0. The van der Waals surface area contributed by atoms with Crippen molar-refractivity contribution in [1.82, 2.24) is 9.78 Å². The van der Waals surface area contributed by atoms with E-state index in [1.807, 2.05) is 42.5 Å². The van der Waals surface area contributed by atoms with Gasteiger partial charge in [0.1, 0.15) is 5.75 Å². The molecule has 0 saturated carbocycles. The van der Waals surface area contributed by atoms with E-state index in [-0.39, 0.29) is 6.54 Å². The summed E-state index contributed by atoms with van der Waals surface area (Å²) in [5, 5.41) is 3.83. The molecule has 3 nitrogen and oxygen atoms in total. The van der Waals surface area contributed by atoms with Crippen molar-refractivity contribution in [3.05, 3.63) is 71.4 Å². The third-order valence-corrected chi connectivity index (χ3v) is 4.45. The van der Waals surface area contributed by atoms with Crippen molar-refractivity contribution in [2.24, 2.45) is 0 Å². The van der Waals surface area contributed by atoms with E-state index >= 15 is 0 Å². The molecule has 0 atom stereocenters. The fourth-order valence-corrected chi connectivity index (χ4v) is 3.18. The molecule has 0 unspecified atom stereocenters. The maximum absolute atomic E-state index is 13.2. The van der Waals surface area contributed by atoms with E-state index in [1.165, 1.54) is 4.68 Å². The smallest absolute Gasteiger partial charge is 0.435 e. The highest BCUT2D eigenvalue weighted by molar-refractivity contribution is 5.63. The van der Waals surface area contributed by atoms with Crippen molar-refractivity contribution in [2.75, 3.05) is 6.61 Å². The van der Waals surface area contributed by atoms with Gasteiger partial charge < -0.3 is 4.74 Å². The number of hydrogen-bond donors (Lipinski definition) is 0. The van der Waals surface area contributed by atoms with Gasteiger partial charge in [-0.05, 0) is 48.2 Å². The van der Waals surface area contributed by atoms with Crippen molar-refractivity contribution in [3.63, 3.8) is 0 Å². The maximum atomic E-state index is 13.2. The van der Waals surface area contributed by atoms with Gasteiger partial charge in [-0.3, -0.25) is 4.68 Å². The second kappa shape index (κ2) is 6.52. The molecule has 26 heavy (non-hydrogen) atoms. The molecular formula is C20H17F3N2O. The van der Waals surface area contributed by atoms with Crippen LogP contribution < -0.4 is 4.74 Å². The molecule has 1 aromatic heterocycles. The van der Waals surface area contributed by atoms with Crippen LogP contribution in [0.15, 0.2) is 54.6 Å². The molecule has 2 heterocycles. The van der Waals surface area contributed by atoms with Crippen LogP contribution in [-0.2, 0) is 19.1 Å². The zero-order valence-corrected chi connectivity index (χ0v) is 14.0. The Morgan fingerprint density at radius 2 is 1.85 bits per heavy atom. The molecule has 134 valence electrons. The Labute approximate surface area is 149 Å². The standard InChI is InChI=1S/C20H17F3N2O/c21-20(22,23)19-12-17(25(24-19)13-14-5-2-1-3-6-14)15-8-9-18-16(11-15)7-4-10-26-18/h1-3,5-6,8-9,11-12H,4,7,10,13H2. The van der Waals surface area contributed by atoms with Gasteiger partial charge in [0, 0.05) is 5.56 Å². The molecule has 0 aliphatic carbocycles. The first-order chi connectivity index (χ1) is 12.5. The number of ether oxygens (including phenoxy) is 1. The van der Waals surface area contributed by atoms with Gasteiger partial charge in [0.15, 0.2) is 5.69 Å². The lowest BCUT2D eigenvalue weighted by molar-refractivity contribution is -0.141. The quantitative estimate of drug-likeness (QED) is 0.663. The summed E-state index contributed by atoms with van der Waals surface area (Å²) >= 11 is 0. The largest absolute Gasteiger partial charge is 0.493 e. The number of rotatable bonds is 3. The summed E-state index contributed by atoms with van der Waals surface area (Å²) in [7, 11) is 0. The van der Waals surface area contributed by atoms with E-state index in [4.69, 9.17) is 4.74 Å². The average molecular weight is 358 g/mol. The van der Waals surface area contributed by atoms with E-state index < -0.39 is 11.9 Å². The molecule has 0 fully saturated rings. The number of fused-ring (bicyclic) bond motifs is 1. The molecule has 0 saturated heterocycles. The lowest BCUT2D eigenvalue weighted by atomic mass is 10.0. The monoisotopic (exact) mass is 358 g/mol. The number of aryl methyl sites for hydroxylation is 1. The molecule has 1 aliphatic rings. The van der Waals surface area contributed by atoms with E-state index in [9.17, 15) is 13.2 Å². The maximum Gasteiger partial charge on any atom is 0.435 e. The fourth-order valence-electron chi connectivity index (χ4n) is 3.18. The summed E-state index contributed by atoms with van der Waals surface area (Å²) in [6.45, 7) is 0.955. The molecule has 1 aliphatic heterocycles. The van der Waals surface area contributed by atoms with Gasteiger partial charge in [0.25, 0.3) is 0 Å². The van der Waals surface area contributed by atoms with E-state index in [2.05, 4.69) is 5.10 Å². The van der Waals surface area contributed by atoms with Crippen molar-refractivity contribution >= 4 is 0 Å². The number of halogens is 3. The van der Waals surface area contributed by atoms with Gasteiger partial charge in [-0.2, -0.15) is 18.3 Å². The van der Waals surface area contributed by atoms with Gasteiger partial charge in [-0.25, -0.2) is 0 Å². The van der Waals surface area contributed by atoms with Gasteiger partial charge in [-0.15, -0.1) is 0 Å². The van der Waals surface area contributed by atoms with E-state index in [1.54, 1.807) is 6.07 Å². The van der Waals surface area contributed by atoms with E-state index in [0.717, 1.165) is 35.8 Å². The highest BCUT2D eigenvalue weighted by atomic mass is 19.4. The molecule has 4 rings (SSSR count). The highest BCUT2D eigenvalue weighted by Gasteiger charge is 2.35. The lowest BCUT2D eigenvalue weighted by Crippen LogP contribution is -2.09. The second-order valence-electron chi connectivity index (χ2n) is 6.33. The summed E-state index contributed by atoms with van der Waals surface area (Å²) in [6, 6.07) is 16.0. The van der Waals surface area contributed by atoms with Gasteiger partial charge in [0.2, 0.25) is 0 Å². The Morgan fingerprint density at radius 1 is 1.04 bits per heavy atom. The summed E-state index contributed by atoms with van der Waals surface area (Å²) in [6.07, 6.45) is -2.70. The van der Waals surface area contributed by atoms with Crippen LogP contribution in [0.5, 0.6) is 5.75 Å². The molecule has 0 bridgehead atoms. The van der Waals surface area contributed by atoms with Gasteiger partial charge in [0.05, 0.1) is 18.8 Å². The first kappa shape index (κ1) is 16.7. The van der Waals surface area contributed by atoms with Crippen LogP contribution in [0.2, 0.25) is 0 Å². The molecule has 0 spiro atoms. The summed E-state index contributed by atoms with van der Waals surface area (Å²) in [4.78, 5) is 0. The average Bonchev–Trinajstić information content (AvgIpc) is 3.06. The molecular weight excluding hydrogens is 341 g/mol. The first-order valence-corrected chi connectivity index (χ1v) is 8.46. The summed E-state index contributed by atoms with van der Waals surface area (Å²) in [5.41, 5.74) is 2.21. The predicted octanol–water partition coefficient (Wildman–Crippen LogP) is 4.94. The molecule has 6 heteroatoms. The van der Waals surface area contributed by atoms with Crippen molar-refractivity contribution < 1.29 is 17.9 Å². The highest BCUT2D eigenvalue weighted by Crippen LogP contribution is 2.34. The van der Waals surface area contributed by atoms with Gasteiger partial charge in [-0.1, -0.05) is 30.3 Å². The predicted molar refractivity (Wildman–Crippen MR) is 92.0 cm³/mol. The Bertz CT molecular complexity index is 917. The van der Waals surface area contributed by atoms with Crippen molar-refractivity contribution in [2.45, 2.75) is 25.6 Å². The molecule has 3 aromatic rings. The Balaban J connectivity index is 1.77. The molecule has 2 aromatic carbocycles. The van der Waals surface area contributed by atoms with Crippen LogP contribution in [0, 0.1) is 0 Å². The zero-order chi connectivity index (χ0) is 18.1. The Kier molecular flexibility index (Phi) is 4.18. The second-order valence-corrected chi connectivity index (χ2v) is 6.33. The van der Waals surface area contributed by atoms with Crippen LogP contribution in [-0.4, -0.2) is 16.4 Å². The topological polar surface area (TPSA) is 27.1 Å². The van der Waals surface area contributed by atoms with Gasteiger partial charge >= 0.3 is 6.18 Å². The third kappa shape index (κ3) is 3.31. The Morgan fingerprint density at radius 3 is 2.62 bits per heavy atom. The summed E-state index contributed by atoms with van der Waals surface area (Å²) < 4.78 is 46.7. The van der Waals surface area contributed by atoms with Crippen LogP contribution in [0.3, 0.4) is 0 Å². The number of aromatic nitrogens is 2. The Hall–Kier alpha value is -2.76. The minimum absolute atomic E-state index is 0.278. The van der Waals surface area contributed by atoms with Crippen molar-refractivity contribution in [3.8, 4) is 17.0 Å². The molecule has 0 amide bonds. The normalized spacial score (nSPS) is 14.0. The first-order valence-electron chi connectivity index (χ1n) is 8.46. The SMILES string of the molecule is FC(F)(F)c1cc(-c2ccc3c(c2)CCCO3)n(Cc2ccccc2)n1. The molecule has 0 N–H and O–H groups in total. The number of hydrogen-bond acceptors (Lipinski definition) is 2. The number of nitrogens with zero attached hydrogens (tertiary/aromatic N) is 2.